The number of aromatic nitrogens is 1. The zero-order chi connectivity index (χ0) is 17.8. The number of hydrogen-bond acceptors (Lipinski definition) is 3. The van der Waals surface area contributed by atoms with E-state index >= 15 is 0 Å². The SMILES string of the molecule is CCOC(=O)c1ccccc1NC(=O)Cc1c[nH]c2ccc(Cl)cc12. The van der Waals surface area contributed by atoms with Gasteiger partial charge in [-0.25, -0.2) is 4.79 Å². The third kappa shape index (κ3) is 3.83. The predicted molar refractivity (Wildman–Crippen MR) is 98.0 cm³/mol. The first-order valence-electron chi connectivity index (χ1n) is 7.90. The van der Waals surface area contributed by atoms with Crippen molar-refractivity contribution in [2.24, 2.45) is 0 Å². The molecule has 1 heterocycles. The number of hydrogen-bond donors (Lipinski definition) is 2. The summed E-state index contributed by atoms with van der Waals surface area (Å²) in [4.78, 5) is 27.5. The maximum atomic E-state index is 12.4. The zero-order valence-corrected chi connectivity index (χ0v) is 14.4. The van der Waals surface area contributed by atoms with Crippen LogP contribution in [-0.2, 0) is 16.0 Å². The van der Waals surface area contributed by atoms with E-state index in [0.717, 1.165) is 16.5 Å². The van der Waals surface area contributed by atoms with Gasteiger partial charge < -0.3 is 15.0 Å². The Bertz CT molecular complexity index is 933. The minimum Gasteiger partial charge on any atom is -0.462 e. The number of carbonyl (C=O) groups excluding carboxylic acids is 2. The standard InChI is InChI=1S/C19H17ClN2O3/c1-2-25-19(24)14-5-3-4-6-17(14)22-18(23)9-12-11-21-16-8-7-13(20)10-15(12)16/h3-8,10-11,21H,2,9H2,1H3,(H,22,23). The molecule has 128 valence electrons. The summed E-state index contributed by atoms with van der Waals surface area (Å²) in [5, 5.41) is 4.30. The number of ether oxygens (including phenoxy) is 1. The van der Waals surface area contributed by atoms with Crippen LogP contribution in [0.2, 0.25) is 5.02 Å². The first kappa shape index (κ1) is 17.0. The van der Waals surface area contributed by atoms with Crippen LogP contribution in [0, 0.1) is 0 Å². The van der Waals surface area contributed by atoms with Crippen LogP contribution in [0.3, 0.4) is 0 Å². The van der Waals surface area contributed by atoms with Crippen molar-refractivity contribution >= 4 is 40.1 Å². The Balaban J connectivity index is 1.79. The van der Waals surface area contributed by atoms with Gasteiger partial charge in [-0.3, -0.25) is 4.79 Å². The van der Waals surface area contributed by atoms with E-state index in [2.05, 4.69) is 10.3 Å². The molecule has 3 aromatic rings. The van der Waals surface area contributed by atoms with Gasteiger partial charge in [0.1, 0.15) is 0 Å². The van der Waals surface area contributed by atoms with Crippen LogP contribution >= 0.6 is 11.6 Å². The smallest absolute Gasteiger partial charge is 0.340 e. The molecule has 2 N–H and O–H groups in total. The maximum Gasteiger partial charge on any atom is 0.340 e. The Morgan fingerprint density at radius 1 is 1.20 bits per heavy atom. The summed E-state index contributed by atoms with van der Waals surface area (Å²) in [5.74, 6) is -0.685. The number of rotatable bonds is 5. The van der Waals surface area contributed by atoms with Gasteiger partial charge in [0.05, 0.1) is 24.3 Å². The summed E-state index contributed by atoms with van der Waals surface area (Å²) in [7, 11) is 0. The topological polar surface area (TPSA) is 71.2 Å². The van der Waals surface area contributed by atoms with Crippen LogP contribution in [0.5, 0.6) is 0 Å². The van der Waals surface area contributed by atoms with Crippen LogP contribution in [0.25, 0.3) is 10.9 Å². The van der Waals surface area contributed by atoms with E-state index in [9.17, 15) is 9.59 Å². The molecule has 0 aliphatic rings. The van der Waals surface area contributed by atoms with Gasteiger partial charge in [0.25, 0.3) is 0 Å². The second-order valence-electron chi connectivity index (χ2n) is 5.49. The molecule has 0 saturated carbocycles. The largest absolute Gasteiger partial charge is 0.462 e. The number of nitrogens with one attached hydrogen (secondary N) is 2. The summed E-state index contributed by atoms with van der Waals surface area (Å²) >= 11 is 6.03. The Hall–Kier alpha value is -2.79. The molecule has 0 aliphatic heterocycles. The lowest BCUT2D eigenvalue weighted by Gasteiger charge is -2.10. The minimum atomic E-state index is -0.461. The highest BCUT2D eigenvalue weighted by atomic mass is 35.5. The van der Waals surface area contributed by atoms with E-state index in [1.165, 1.54) is 0 Å². The second-order valence-corrected chi connectivity index (χ2v) is 5.93. The molecule has 0 radical (unpaired) electrons. The molecule has 0 bridgehead atoms. The summed E-state index contributed by atoms with van der Waals surface area (Å²) < 4.78 is 5.02. The van der Waals surface area contributed by atoms with Crippen molar-refractivity contribution in [3.63, 3.8) is 0 Å². The second kappa shape index (κ2) is 7.40. The number of H-pyrrole nitrogens is 1. The van der Waals surface area contributed by atoms with E-state index in [1.807, 2.05) is 12.1 Å². The summed E-state index contributed by atoms with van der Waals surface area (Å²) in [6, 6.07) is 12.3. The average Bonchev–Trinajstić information content (AvgIpc) is 2.97. The zero-order valence-electron chi connectivity index (χ0n) is 13.6. The van der Waals surface area contributed by atoms with Crippen LogP contribution in [0.15, 0.2) is 48.7 Å². The molecule has 0 unspecified atom stereocenters. The minimum absolute atomic E-state index is 0.164. The molecule has 25 heavy (non-hydrogen) atoms. The summed E-state index contributed by atoms with van der Waals surface area (Å²) in [6.45, 7) is 2.01. The highest BCUT2D eigenvalue weighted by Crippen LogP contribution is 2.23. The molecule has 3 rings (SSSR count). The summed E-state index contributed by atoms with van der Waals surface area (Å²) in [5.41, 5.74) is 2.52. The molecular formula is C19H17ClN2O3. The van der Waals surface area contributed by atoms with Gasteiger partial charge in [0.15, 0.2) is 0 Å². The van der Waals surface area contributed by atoms with Gasteiger partial charge in [0.2, 0.25) is 5.91 Å². The van der Waals surface area contributed by atoms with Crippen molar-refractivity contribution in [1.82, 2.24) is 4.98 Å². The number of aromatic amines is 1. The van der Waals surface area contributed by atoms with Gasteiger partial charge in [-0.1, -0.05) is 23.7 Å². The van der Waals surface area contributed by atoms with Crippen molar-refractivity contribution in [2.45, 2.75) is 13.3 Å². The quantitative estimate of drug-likeness (QED) is 0.674. The van der Waals surface area contributed by atoms with Gasteiger partial charge in [-0.2, -0.15) is 0 Å². The van der Waals surface area contributed by atoms with Crippen LogP contribution in [0.4, 0.5) is 5.69 Å². The molecule has 5 nitrogen and oxygen atoms in total. The Morgan fingerprint density at radius 3 is 2.80 bits per heavy atom. The van der Waals surface area contributed by atoms with Crippen molar-refractivity contribution in [2.75, 3.05) is 11.9 Å². The van der Waals surface area contributed by atoms with Gasteiger partial charge in [-0.05, 0) is 42.8 Å². The molecule has 0 fully saturated rings. The van der Waals surface area contributed by atoms with Crippen molar-refractivity contribution in [3.8, 4) is 0 Å². The number of carbonyl (C=O) groups is 2. The Kier molecular flexibility index (Phi) is 5.05. The van der Waals surface area contributed by atoms with E-state index in [4.69, 9.17) is 16.3 Å². The fourth-order valence-corrected chi connectivity index (χ4v) is 2.82. The Labute approximate surface area is 149 Å². The summed E-state index contributed by atoms with van der Waals surface area (Å²) in [6.07, 6.45) is 1.95. The normalized spacial score (nSPS) is 10.6. The highest BCUT2D eigenvalue weighted by Gasteiger charge is 2.15. The molecule has 0 saturated heterocycles. The molecular weight excluding hydrogens is 340 g/mol. The number of fused-ring (bicyclic) bond motifs is 1. The van der Waals surface area contributed by atoms with E-state index in [0.29, 0.717) is 16.3 Å². The lowest BCUT2D eigenvalue weighted by molar-refractivity contribution is -0.115. The van der Waals surface area contributed by atoms with E-state index < -0.39 is 5.97 Å². The molecule has 1 aromatic heterocycles. The predicted octanol–water partition coefficient (Wildman–Crippen LogP) is 4.18. The van der Waals surface area contributed by atoms with Crippen molar-refractivity contribution < 1.29 is 14.3 Å². The number of amides is 1. The van der Waals surface area contributed by atoms with Gasteiger partial charge >= 0.3 is 5.97 Å². The van der Waals surface area contributed by atoms with Gasteiger partial charge in [-0.15, -0.1) is 0 Å². The molecule has 0 atom stereocenters. The number of benzene rings is 2. The maximum absolute atomic E-state index is 12.4. The van der Waals surface area contributed by atoms with Gasteiger partial charge in [0, 0.05) is 22.1 Å². The van der Waals surface area contributed by atoms with Crippen LogP contribution in [-0.4, -0.2) is 23.5 Å². The Morgan fingerprint density at radius 2 is 2.00 bits per heavy atom. The number of anilines is 1. The first-order chi connectivity index (χ1) is 12.1. The molecule has 0 spiro atoms. The number of esters is 1. The molecule has 2 aromatic carbocycles. The highest BCUT2D eigenvalue weighted by molar-refractivity contribution is 6.31. The fraction of sp³-hybridized carbons (Fsp3) is 0.158. The van der Waals surface area contributed by atoms with E-state index in [1.54, 1.807) is 43.5 Å². The monoisotopic (exact) mass is 356 g/mol. The number of para-hydroxylation sites is 1. The molecule has 6 heteroatoms. The number of halogens is 1. The molecule has 0 aliphatic carbocycles. The average molecular weight is 357 g/mol. The third-order valence-corrected chi connectivity index (χ3v) is 4.01. The lowest BCUT2D eigenvalue weighted by atomic mass is 10.1. The van der Waals surface area contributed by atoms with Crippen molar-refractivity contribution in [1.29, 1.82) is 0 Å². The fourth-order valence-electron chi connectivity index (χ4n) is 2.64. The van der Waals surface area contributed by atoms with Crippen LogP contribution < -0.4 is 5.32 Å². The van der Waals surface area contributed by atoms with E-state index in [-0.39, 0.29) is 18.9 Å². The lowest BCUT2D eigenvalue weighted by Crippen LogP contribution is -2.17. The molecule has 1 amide bonds. The van der Waals surface area contributed by atoms with Crippen molar-refractivity contribution in [3.05, 3.63) is 64.8 Å². The van der Waals surface area contributed by atoms with Crippen LogP contribution in [0.1, 0.15) is 22.8 Å². The first-order valence-corrected chi connectivity index (χ1v) is 8.27. The third-order valence-electron chi connectivity index (χ3n) is 3.78.